The fourth-order valence-electron chi connectivity index (χ4n) is 1.67. The van der Waals surface area contributed by atoms with Gasteiger partial charge in [-0.1, -0.05) is 17.7 Å². The zero-order valence-corrected chi connectivity index (χ0v) is 12.6. The van der Waals surface area contributed by atoms with E-state index in [0.29, 0.717) is 29.4 Å². The van der Waals surface area contributed by atoms with Crippen LogP contribution in [0.3, 0.4) is 0 Å². The van der Waals surface area contributed by atoms with Crippen LogP contribution in [0.4, 0.5) is 0 Å². The van der Waals surface area contributed by atoms with Gasteiger partial charge in [-0.25, -0.2) is 0 Å². The van der Waals surface area contributed by atoms with E-state index >= 15 is 0 Å². The number of halogens is 1. The molecule has 0 aliphatic rings. The maximum absolute atomic E-state index is 11.0. The zero-order chi connectivity index (χ0) is 14.5. The molecule has 0 saturated carbocycles. The Kier molecular flexibility index (Phi) is 6.13. The molecule has 19 heavy (non-hydrogen) atoms. The van der Waals surface area contributed by atoms with Gasteiger partial charge < -0.3 is 16.2 Å². The number of rotatable bonds is 7. The summed E-state index contributed by atoms with van der Waals surface area (Å²) >= 11 is 7.67. The molecule has 1 aromatic rings. The Labute approximate surface area is 122 Å². The predicted octanol–water partition coefficient (Wildman–Crippen LogP) is 1.64. The van der Waals surface area contributed by atoms with Crippen molar-refractivity contribution in [2.24, 2.45) is 5.73 Å². The number of hydrogen-bond donors (Lipinski definition) is 3. The summed E-state index contributed by atoms with van der Waals surface area (Å²) in [6, 6.07) is 4.96. The number of carbonyl (C=O) groups is 1. The molecule has 1 aromatic carbocycles. The summed E-state index contributed by atoms with van der Waals surface area (Å²) in [6.07, 6.45) is 1.95. The van der Waals surface area contributed by atoms with E-state index in [0.717, 1.165) is 5.56 Å². The summed E-state index contributed by atoms with van der Waals surface area (Å²) in [5.41, 5.74) is 5.68. The number of nitrogens with one attached hydrogen (secondary N) is 1. The van der Waals surface area contributed by atoms with Crippen molar-refractivity contribution in [2.75, 3.05) is 18.6 Å². The average Bonchev–Trinajstić information content (AvgIpc) is 2.30. The van der Waals surface area contributed by atoms with Crippen LogP contribution in [-0.4, -0.2) is 35.2 Å². The lowest BCUT2D eigenvalue weighted by Gasteiger charge is -2.22. The van der Waals surface area contributed by atoms with Gasteiger partial charge in [-0.3, -0.25) is 4.79 Å². The van der Waals surface area contributed by atoms with E-state index in [1.54, 1.807) is 36.9 Å². The first-order chi connectivity index (χ1) is 8.85. The summed E-state index contributed by atoms with van der Waals surface area (Å²) in [6.45, 7) is 2.79. The normalized spacial score (nSPS) is 14.1. The molecule has 4 N–H and O–H groups in total. The number of carbonyl (C=O) groups excluding carboxylic acids is 1. The molecule has 0 aliphatic carbocycles. The van der Waals surface area contributed by atoms with Crippen molar-refractivity contribution < 1.29 is 9.90 Å². The monoisotopic (exact) mass is 302 g/mol. The first-order valence-corrected chi connectivity index (χ1v) is 7.63. The summed E-state index contributed by atoms with van der Waals surface area (Å²) < 4.78 is 0. The van der Waals surface area contributed by atoms with Crippen molar-refractivity contribution >= 4 is 29.3 Å². The summed E-state index contributed by atoms with van der Waals surface area (Å²) in [7, 11) is 0. The lowest BCUT2D eigenvalue weighted by molar-refractivity contribution is 0.0846. The number of amides is 1. The van der Waals surface area contributed by atoms with Gasteiger partial charge in [0.2, 0.25) is 5.91 Å². The van der Waals surface area contributed by atoms with Crippen molar-refractivity contribution in [3.63, 3.8) is 0 Å². The summed E-state index contributed by atoms with van der Waals surface area (Å²) in [4.78, 5) is 11.0. The van der Waals surface area contributed by atoms with Crippen LogP contribution in [0.2, 0.25) is 5.02 Å². The van der Waals surface area contributed by atoms with Gasteiger partial charge in [0, 0.05) is 29.4 Å². The number of benzene rings is 1. The van der Waals surface area contributed by atoms with E-state index in [1.165, 1.54) is 0 Å². The highest BCUT2D eigenvalue weighted by molar-refractivity contribution is 7.98. The number of aliphatic hydroxyl groups is 1. The molecule has 1 amide bonds. The van der Waals surface area contributed by atoms with Crippen LogP contribution in [0.15, 0.2) is 18.2 Å². The molecular formula is C13H19ClN2O2S. The standard InChI is InChI=1S/C13H19ClN2O2S/c1-13(18,8-19-2)7-16-6-10-4-3-9(12(15)17)5-11(10)14/h3-5,16,18H,6-8H2,1-2H3,(H2,15,17). The van der Waals surface area contributed by atoms with Crippen LogP contribution in [0.1, 0.15) is 22.8 Å². The topological polar surface area (TPSA) is 75.3 Å². The molecule has 1 rings (SSSR count). The molecule has 0 spiro atoms. The van der Waals surface area contributed by atoms with E-state index in [9.17, 15) is 9.90 Å². The SMILES string of the molecule is CSCC(C)(O)CNCc1ccc(C(N)=O)cc1Cl. The number of hydrogen-bond acceptors (Lipinski definition) is 4. The Balaban J connectivity index is 2.57. The average molecular weight is 303 g/mol. The number of nitrogens with two attached hydrogens (primary N) is 1. The third kappa shape index (κ3) is 5.40. The fourth-order valence-corrected chi connectivity index (χ4v) is 2.64. The summed E-state index contributed by atoms with van der Waals surface area (Å²) in [5, 5.41) is 13.6. The third-order valence-corrected chi connectivity index (χ3v) is 3.88. The van der Waals surface area contributed by atoms with Crippen molar-refractivity contribution in [3.05, 3.63) is 34.3 Å². The molecule has 0 aromatic heterocycles. The van der Waals surface area contributed by atoms with Crippen molar-refractivity contribution in [3.8, 4) is 0 Å². The van der Waals surface area contributed by atoms with Gasteiger partial charge in [-0.15, -0.1) is 0 Å². The molecular weight excluding hydrogens is 284 g/mol. The van der Waals surface area contributed by atoms with Gasteiger partial charge in [-0.2, -0.15) is 11.8 Å². The molecule has 0 radical (unpaired) electrons. The van der Waals surface area contributed by atoms with E-state index in [1.807, 2.05) is 6.26 Å². The molecule has 0 heterocycles. The molecule has 0 fully saturated rings. The molecule has 0 aliphatic heterocycles. The second-order valence-corrected chi connectivity index (χ2v) is 5.98. The second kappa shape index (κ2) is 7.14. The smallest absolute Gasteiger partial charge is 0.248 e. The van der Waals surface area contributed by atoms with Crippen molar-refractivity contribution in [1.29, 1.82) is 0 Å². The van der Waals surface area contributed by atoms with Gasteiger partial charge in [0.15, 0.2) is 0 Å². The molecule has 1 unspecified atom stereocenters. The van der Waals surface area contributed by atoms with Crippen LogP contribution in [0, 0.1) is 0 Å². The van der Waals surface area contributed by atoms with E-state index < -0.39 is 11.5 Å². The molecule has 106 valence electrons. The van der Waals surface area contributed by atoms with Crippen LogP contribution in [0.5, 0.6) is 0 Å². The van der Waals surface area contributed by atoms with Crippen LogP contribution in [0.25, 0.3) is 0 Å². The summed E-state index contributed by atoms with van der Waals surface area (Å²) in [5.74, 6) is 0.165. The van der Waals surface area contributed by atoms with Crippen LogP contribution in [-0.2, 0) is 6.54 Å². The minimum Gasteiger partial charge on any atom is -0.388 e. The highest BCUT2D eigenvalue weighted by Crippen LogP contribution is 2.18. The Bertz CT molecular complexity index is 452. The van der Waals surface area contributed by atoms with Crippen molar-refractivity contribution in [1.82, 2.24) is 5.32 Å². The molecule has 0 saturated heterocycles. The lowest BCUT2D eigenvalue weighted by Crippen LogP contribution is -2.39. The van der Waals surface area contributed by atoms with Gasteiger partial charge in [0.25, 0.3) is 0 Å². The van der Waals surface area contributed by atoms with E-state index in [4.69, 9.17) is 17.3 Å². The minimum atomic E-state index is -0.751. The Morgan fingerprint density at radius 3 is 2.79 bits per heavy atom. The predicted molar refractivity (Wildman–Crippen MR) is 80.7 cm³/mol. The zero-order valence-electron chi connectivity index (χ0n) is 11.1. The number of primary amides is 1. The maximum Gasteiger partial charge on any atom is 0.248 e. The molecule has 4 nitrogen and oxygen atoms in total. The molecule has 0 bridgehead atoms. The van der Waals surface area contributed by atoms with Crippen LogP contribution >= 0.6 is 23.4 Å². The van der Waals surface area contributed by atoms with Gasteiger partial charge in [-0.05, 0) is 30.9 Å². The van der Waals surface area contributed by atoms with Gasteiger partial charge >= 0.3 is 0 Å². The lowest BCUT2D eigenvalue weighted by atomic mass is 10.1. The molecule has 1 atom stereocenters. The van der Waals surface area contributed by atoms with Gasteiger partial charge in [0.1, 0.15) is 0 Å². The molecule has 6 heteroatoms. The van der Waals surface area contributed by atoms with Crippen molar-refractivity contribution in [2.45, 2.75) is 19.1 Å². The van der Waals surface area contributed by atoms with Crippen LogP contribution < -0.4 is 11.1 Å². The maximum atomic E-state index is 11.0. The van der Waals surface area contributed by atoms with Gasteiger partial charge in [0.05, 0.1) is 5.60 Å². The first kappa shape index (κ1) is 16.3. The third-order valence-electron chi connectivity index (χ3n) is 2.61. The highest BCUT2D eigenvalue weighted by atomic mass is 35.5. The highest BCUT2D eigenvalue weighted by Gasteiger charge is 2.18. The second-order valence-electron chi connectivity index (χ2n) is 4.70. The Morgan fingerprint density at radius 2 is 2.26 bits per heavy atom. The van der Waals surface area contributed by atoms with E-state index in [-0.39, 0.29) is 0 Å². The minimum absolute atomic E-state index is 0.392. The quantitative estimate of drug-likeness (QED) is 0.716. The Morgan fingerprint density at radius 1 is 1.58 bits per heavy atom. The fraction of sp³-hybridized carbons (Fsp3) is 0.462. The largest absolute Gasteiger partial charge is 0.388 e. The first-order valence-electron chi connectivity index (χ1n) is 5.86. The van der Waals surface area contributed by atoms with E-state index in [2.05, 4.69) is 5.32 Å². The number of thioether (sulfide) groups is 1. The Hall–Kier alpha value is -0.750.